The smallest absolute Gasteiger partial charge is 0.153 e. The first-order valence-electron chi connectivity index (χ1n) is 5.89. The number of rotatable bonds is 5. The fraction of sp³-hybridized carbons (Fsp3) is 0.286. The summed E-state index contributed by atoms with van der Waals surface area (Å²) in [6.45, 7) is 2.83. The van der Waals surface area contributed by atoms with Crippen molar-refractivity contribution in [3.05, 3.63) is 53.3 Å². The van der Waals surface area contributed by atoms with Crippen LogP contribution in [0.15, 0.2) is 36.5 Å². The molecule has 0 aliphatic rings. The molecule has 0 radical (unpaired) electrons. The fourth-order valence-corrected chi connectivity index (χ4v) is 1.93. The van der Waals surface area contributed by atoms with E-state index in [2.05, 4.69) is 24.2 Å². The lowest BCUT2D eigenvalue weighted by molar-refractivity contribution is 0.112. The Morgan fingerprint density at radius 1 is 1.29 bits per heavy atom. The Labute approximate surface area is 101 Å². The zero-order chi connectivity index (χ0) is 12.1. The summed E-state index contributed by atoms with van der Waals surface area (Å²) in [6.07, 6.45) is 4.45. The number of nitrogens with zero attached hydrogens (tertiary/aromatic N) is 2. The number of hydrogen-bond donors (Lipinski definition) is 0. The molecule has 0 spiro atoms. The van der Waals surface area contributed by atoms with Crippen molar-refractivity contribution in [2.24, 2.45) is 0 Å². The molecule has 0 atom stereocenters. The third-order valence-electron chi connectivity index (χ3n) is 2.77. The van der Waals surface area contributed by atoms with Crippen molar-refractivity contribution in [3.63, 3.8) is 0 Å². The predicted octanol–water partition coefficient (Wildman–Crippen LogP) is 2.70. The maximum atomic E-state index is 10.9. The zero-order valence-corrected chi connectivity index (χ0v) is 9.97. The number of aldehydes is 1. The first kappa shape index (κ1) is 11.6. The van der Waals surface area contributed by atoms with Gasteiger partial charge in [0.05, 0.1) is 18.3 Å². The van der Waals surface area contributed by atoms with Crippen LogP contribution in [0.25, 0.3) is 0 Å². The SMILES string of the molecule is CCCc1c(C=O)cnn1Cc1ccccc1. The van der Waals surface area contributed by atoms with Gasteiger partial charge in [-0.15, -0.1) is 0 Å². The van der Waals surface area contributed by atoms with Crippen LogP contribution in [-0.4, -0.2) is 16.1 Å². The van der Waals surface area contributed by atoms with Gasteiger partial charge in [-0.1, -0.05) is 43.7 Å². The molecule has 17 heavy (non-hydrogen) atoms. The highest BCUT2D eigenvalue weighted by molar-refractivity contribution is 5.76. The number of carbonyl (C=O) groups is 1. The van der Waals surface area contributed by atoms with Gasteiger partial charge >= 0.3 is 0 Å². The molecule has 3 nitrogen and oxygen atoms in total. The highest BCUT2D eigenvalue weighted by Crippen LogP contribution is 2.11. The third-order valence-corrected chi connectivity index (χ3v) is 2.77. The maximum absolute atomic E-state index is 10.9. The van der Waals surface area contributed by atoms with Crippen molar-refractivity contribution in [2.45, 2.75) is 26.3 Å². The topological polar surface area (TPSA) is 34.9 Å². The van der Waals surface area contributed by atoms with Gasteiger partial charge in [0.2, 0.25) is 0 Å². The summed E-state index contributed by atoms with van der Waals surface area (Å²) in [5.41, 5.74) is 2.94. The van der Waals surface area contributed by atoms with E-state index in [9.17, 15) is 4.79 Å². The summed E-state index contributed by atoms with van der Waals surface area (Å²) in [6, 6.07) is 10.2. The summed E-state index contributed by atoms with van der Waals surface area (Å²) in [4.78, 5) is 10.9. The zero-order valence-electron chi connectivity index (χ0n) is 9.97. The first-order valence-corrected chi connectivity index (χ1v) is 5.89. The van der Waals surface area contributed by atoms with Crippen LogP contribution in [0, 0.1) is 0 Å². The molecule has 0 saturated heterocycles. The molecular formula is C14H16N2O. The van der Waals surface area contributed by atoms with E-state index < -0.39 is 0 Å². The Hall–Kier alpha value is -1.90. The van der Waals surface area contributed by atoms with Gasteiger partial charge in [-0.25, -0.2) is 0 Å². The van der Waals surface area contributed by atoms with E-state index in [0.29, 0.717) is 5.56 Å². The predicted molar refractivity (Wildman–Crippen MR) is 67.2 cm³/mol. The molecule has 0 N–H and O–H groups in total. The van der Waals surface area contributed by atoms with E-state index in [1.54, 1.807) is 6.20 Å². The highest BCUT2D eigenvalue weighted by Gasteiger charge is 2.09. The summed E-state index contributed by atoms with van der Waals surface area (Å²) in [7, 11) is 0. The molecule has 0 unspecified atom stereocenters. The van der Waals surface area contributed by atoms with Crippen LogP contribution >= 0.6 is 0 Å². The minimum atomic E-state index is 0.711. The van der Waals surface area contributed by atoms with Crippen molar-refractivity contribution >= 4 is 6.29 Å². The molecule has 2 aromatic rings. The second-order valence-corrected chi connectivity index (χ2v) is 4.06. The molecule has 0 fully saturated rings. The minimum Gasteiger partial charge on any atom is -0.298 e. The van der Waals surface area contributed by atoms with Crippen LogP contribution in [0.1, 0.15) is 35.0 Å². The van der Waals surface area contributed by atoms with Crippen LogP contribution in [0.4, 0.5) is 0 Å². The lowest BCUT2D eigenvalue weighted by Gasteiger charge is -2.07. The van der Waals surface area contributed by atoms with Crippen LogP contribution in [0.5, 0.6) is 0 Å². The van der Waals surface area contributed by atoms with E-state index in [4.69, 9.17) is 0 Å². The average Bonchev–Trinajstić information content (AvgIpc) is 2.74. The normalized spacial score (nSPS) is 10.4. The van der Waals surface area contributed by atoms with E-state index in [1.807, 2.05) is 22.9 Å². The summed E-state index contributed by atoms with van der Waals surface area (Å²) in [5, 5.41) is 4.29. The van der Waals surface area contributed by atoms with Gasteiger partial charge in [-0.3, -0.25) is 9.48 Å². The fourth-order valence-electron chi connectivity index (χ4n) is 1.93. The Balaban J connectivity index is 2.26. The van der Waals surface area contributed by atoms with E-state index in [-0.39, 0.29) is 0 Å². The molecule has 1 aromatic heterocycles. The first-order chi connectivity index (χ1) is 8.35. The molecule has 1 heterocycles. The van der Waals surface area contributed by atoms with E-state index in [0.717, 1.165) is 31.4 Å². The second kappa shape index (κ2) is 5.43. The summed E-state index contributed by atoms with van der Waals surface area (Å²) >= 11 is 0. The van der Waals surface area contributed by atoms with Crippen molar-refractivity contribution in [1.29, 1.82) is 0 Å². The van der Waals surface area contributed by atoms with Crippen molar-refractivity contribution < 1.29 is 4.79 Å². The van der Waals surface area contributed by atoms with E-state index >= 15 is 0 Å². The molecule has 0 amide bonds. The van der Waals surface area contributed by atoms with Crippen LogP contribution in [-0.2, 0) is 13.0 Å². The van der Waals surface area contributed by atoms with Gasteiger partial charge in [-0.2, -0.15) is 5.10 Å². The highest BCUT2D eigenvalue weighted by atomic mass is 16.1. The largest absolute Gasteiger partial charge is 0.298 e. The number of aromatic nitrogens is 2. The standard InChI is InChI=1S/C14H16N2O/c1-2-6-14-13(11-17)9-15-16(14)10-12-7-4-3-5-8-12/h3-5,7-9,11H,2,6,10H2,1H3. The molecular weight excluding hydrogens is 212 g/mol. The van der Waals surface area contributed by atoms with Gasteiger partial charge in [-0.05, 0) is 12.0 Å². The van der Waals surface area contributed by atoms with Crippen LogP contribution < -0.4 is 0 Å². The second-order valence-electron chi connectivity index (χ2n) is 4.06. The Morgan fingerprint density at radius 2 is 2.06 bits per heavy atom. The van der Waals surface area contributed by atoms with Crippen molar-refractivity contribution in [3.8, 4) is 0 Å². The lowest BCUT2D eigenvalue weighted by Crippen LogP contribution is -2.07. The molecule has 0 bridgehead atoms. The Bertz CT molecular complexity index is 488. The molecule has 1 aromatic carbocycles. The summed E-state index contributed by atoms with van der Waals surface area (Å²) < 4.78 is 1.92. The monoisotopic (exact) mass is 228 g/mol. The molecule has 0 aliphatic carbocycles. The Morgan fingerprint density at radius 3 is 2.71 bits per heavy atom. The molecule has 88 valence electrons. The molecule has 0 saturated carbocycles. The van der Waals surface area contributed by atoms with Gasteiger partial charge in [0, 0.05) is 5.69 Å². The average molecular weight is 228 g/mol. The number of carbonyl (C=O) groups excluding carboxylic acids is 1. The van der Waals surface area contributed by atoms with Gasteiger partial charge in [0.1, 0.15) is 0 Å². The van der Waals surface area contributed by atoms with Crippen LogP contribution in [0.2, 0.25) is 0 Å². The van der Waals surface area contributed by atoms with E-state index in [1.165, 1.54) is 5.56 Å². The maximum Gasteiger partial charge on any atom is 0.153 e. The lowest BCUT2D eigenvalue weighted by atomic mass is 10.1. The van der Waals surface area contributed by atoms with Gasteiger partial charge < -0.3 is 0 Å². The number of hydrogen-bond acceptors (Lipinski definition) is 2. The van der Waals surface area contributed by atoms with Crippen molar-refractivity contribution in [1.82, 2.24) is 9.78 Å². The number of benzene rings is 1. The minimum absolute atomic E-state index is 0.711. The quantitative estimate of drug-likeness (QED) is 0.737. The van der Waals surface area contributed by atoms with Gasteiger partial charge in [0.25, 0.3) is 0 Å². The Kier molecular flexibility index (Phi) is 3.70. The molecule has 2 rings (SSSR count). The molecule has 0 aliphatic heterocycles. The molecule has 3 heteroatoms. The third kappa shape index (κ3) is 2.61. The summed E-state index contributed by atoms with van der Waals surface area (Å²) in [5.74, 6) is 0. The van der Waals surface area contributed by atoms with Crippen molar-refractivity contribution in [2.75, 3.05) is 0 Å². The van der Waals surface area contributed by atoms with Crippen LogP contribution in [0.3, 0.4) is 0 Å². The van der Waals surface area contributed by atoms with Gasteiger partial charge in [0.15, 0.2) is 6.29 Å².